The molecule has 1 amide bonds. The van der Waals surface area contributed by atoms with Crippen LogP contribution < -0.4 is 11.1 Å². The van der Waals surface area contributed by atoms with Gasteiger partial charge in [-0.1, -0.05) is 24.4 Å². The zero-order valence-corrected chi connectivity index (χ0v) is 11.9. The number of nitrogens with one attached hydrogen (secondary N) is 1. The standard InChI is InChI=1S/C13H19ClN2OS/c14-12-6-5-10(18-12)8-16-13(17)7-9-3-1-2-4-11(9)15/h5-6,9,11H,1-4,7-8,15H2,(H,16,17). The van der Waals surface area contributed by atoms with E-state index in [2.05, 4.69) is 5.32 Å². The zero-order valence-electron chi connectivity index (χ0n) is 10.3. The number of thiophene rings is 1. The van der Waals surface area contributed by atoms with Crippen LogP contribution in [0.15, 0.2) is 12.1 Å². The predicted molar refractivity (Wildman–Crippen MR) is 75.7 cm³/mol. The molecule has 18 heavy (non-hydrogen) atoms. The van der Waals surface area contributed by atoms with E-state index < -0.39 is 0 Å². The first kappa shape index (κ1) is 13.8. The SMILES string of the molecule is NC1CCCCC1CC(=O)NCc1ccc(Cl)s1. The van der Waals surface area contributed by atoms with Crippen LogP contribution in [0.25, 0.3) is 0 Å². The second kappa shape index (κ2) is 6.55. The zero-order chi connectivity index (χ0) is 13.0. The normalized spacial score (nSPS) is 23.9. The maximum atomic E-state index is 11.8. The molecule has 3 nitrogen and oxygen atoms in total. The highest BCUT2D eigenvalue weighted by molar-refractivity contribution is 7.16. The van der Waals surface area contributed by atoms with Crippen molar-refractivity contribution < 1.29 is 4.79 Å². The molecule has 1 saturated carbocycles. The van der Waals surface area contributed by atoms with Crippen LogP contribution in [0, 0.1) is 5.92 Å². The van der Waals surface area contributed by atoms with E-state index in [4.69, 9.17) is 17.3 Å². The predicted octanol–water partition coefficient (Wildman–Crippen LogP) is 2.93. The molecule has 0 aromatic carbocycles. The Hall–Kier alpha value is -0.580. The Labute approximate surface area is 117 Å². The molecule has 2 unspecified atom stereocenters. The summed E-state index contributed by atoms with van der Waals surface area (Å²) in [5, 5.41) is 2.94. The molecule has 2 atom stereocenters. The fourth-order valence-corrected chi connectivity index (χ4v) is 3.46. The molecule has 0 bridgehead atoms. The van der Waals surface area contributed by atoms with Crippen molar-refractivity contribution in [2.45, 2.75) is 44.7 Å². The summed E-state index contributed by atoms with van der Waals surface area (Å²) in [6.45, 7) is 0.568. The van der Waals surface area contributed by atoms with Gasteiger partial charge in [0.2, 0.25) is 5.91 Å². The molecule has 1 aromatic heterocycles. The van der Waals surface area contributed by atoms with E-state index in [1.807, 2.05) is 12.1 Å². The summed E-state index contributed by atoms with van der Waals surface area (Å²) in [6, 6.07) is 3.99. The quantitative estimate of drug-likeness (QED) is 0.894. The van der Waals surface area contributed by atoms with E-state index in [0.717, 1.165) is 22.1 Å². The van der Waals surface area contributed by atoms with Gasteiger partial charge in [0.1, 0.15) is 0 Å². The van der Waals surface area contributed by atoms with Crippen molar-refractivity contribution in [2.24, 2.45) is 11.7 Å². The molecule has 0 aliphatic heterocycles. The van der Waals surface area contributed by atoms with Gasteiger partial charge >= 0.3 is 0 Å². The van der Waals surface area contributed by atoms with Gasteiger partial charge in [-0.15, -0.1) is 11.3 Å². The van der Waals surface area contributed by atoms with Crippen LogP contribution in [0.3, 0.4) is 0 Å². The van der Waals surface area contributed by atoms with Crippen molar-refractivity contribution in [1.29, 1.82) is 0 Å². The molecule has 1 aliphatic carbocycles. The molecule has 100 valence electrons. The lowest BCUT2D eigenvalue weighted by Crippen LogP contribution is -2.36. The Bertz CT molecular complexity index is 407. The van der Waals surface area contributed by atoms with Crippen LogP contribution in [0.2, 0.25) is 4.34 Å². The first-order valence-corrected chi connectivity index (χ1v) is 7.61. The van der Waals surface area contributed by atoms with Gasteiger partial charge in [-0.3, -0.25) is 4.79 Å². The molecule has 2 rings (SSSR count). The number of amides is 1. The van der Waals surface area contributed by atoms with Crippen LogP contribution in [-0.4, -0.2) is 11.9 Å². The molecular weight excluding hydrogens is 268 g/mol. The Morgan fingerprint density at radius 2 is 2.22 bits per heavy atom. The van der Waals surface area contributed by atoms with Gasteiger partial charge in [-0.05, 0) is 30.9 Å². The molecular formula is C13H19ClN2OS. The van der Waals surface area contributed by atoms with E-state index in [1.54, 1.807) is 0 Å². The third kappa shape index (κ3) is 3.97. The number of nitrogens with two attached hydrogens (primary N) is 1. The Morgan fingerprint density at radius 3 is 2.89 bits per heavy atom. The largest absolute Gasteiger partial charge is 0.351 e. The van der Waals surface area contributed by atoms with Gasteiger partial charge in [-0.25, -0.2) is 0 Å². The van der Waals surface area contributed by atoms with Crippen molar-refractivity contribution in [2.75, 3.05) is 0 Å². The molecule has 1 aliphatic rings. The molecule has 1 aromatic rings. The molecule has 3 N–H and O–H groups in total. The van der Waals surface area contributed by atoms with Crippen molar-refractivity contribution in [1.82, 2.24) is 5.32 Å². The maximum Gasteiger partial charge on any atom is 0.220 e. The Kier molecular flexibility index (Phi) is 5.03. The Morgan fingerprint density at radius 1 is 1.44 bits per heavy atom. The van der Waals surface area contributed by atoms with Crippen molar-refractivity contribution in [3.63, 3.8) is 0 Å². The molecule has 0 spiro atoms. The van der Waals surface area contributed by atoms with Crippen LogP contribution in [0.4, 0.5) is 0 Å². The van der Waals surface area contributed by atoms with E-state index in [1.165, 1.54) is 24.2 Å². The van der Waals surface area contributed by atoms with E-state index in [0.29, 0.717) is 18.9 Å². The average Bonchev–Trinajstić information content (AvgIpc) is 2.76. The summed E-state index contributed by atoms with van der Waals surface area (Å²) in [5.74, 6) is 0.451. The molecule has 0 radical (unpaired) electrons. The number of halogens is 1. The summed E-state index contributed by atoms with van der Waals surface area (Å²) in [5.41, 5.74) is 6.04. The third-order valence-electron chi connectivity index (χ3n) is 3.50. The van der Waals surface area contributed by atoms with Gasteiger partial charge < -0.3 is 11.1 Å². The van der Waals surface area contributed by atoms with Gasteiger partial charge in [-0.2, -0.15) is 0 Å². The van der Waals surface area contributed by atoms with E-state index in [9.17, 15) is 4.79 Å². The van der Waals surface area contributed by atoms with E-state index in [-0.39, 0.29) is 11.9 Å². The van der Waals surface area contributed by atoms with E-state index >= 15 is 0 Å². The average molecular weight is 287 g/mol. The summed E-state index contributed by atoms with van der Waals surface area (Å²) in [6.07, 6.45) is 5.09. The minimum Gasteiger partial charge on any atom is -0.351 e. The van der Waals surface area contributed by atoms with Gasteiger partial charge in [0.25, 0.3) is 0 Å². The van der Waals surface area contributed by atoms with Crippen LogP contribution in [-0.2, 0) is 11.3 Å². The summed E-state index contributed by atoms with van der Waals surface area (Å²) >= 11 is 7.34. The second-order valence-electron chi connectivity index (χ2n) is 4.90. The van der Waals surface area contributed by atoms with Crippen molar-refractivity contribution >= 4 is 28.8 Å². The van der Waals surface area contributed by atoms with Crippen LogP contribution in [0.5, 0.6) is 0 Å². The lowest BCUT2D eigenvalue weighted by atomic mass is 9.83. The second-order valence-corrected chi connectivity index (χ2v) is 6.69. The van der Waals surface area contributed by atoms with Crippen molar-refractivity contribution in [3.8, 4) is 0 Å². The topological polar surface area (TPSA) is 55.1 Å². The maximum absolute atomic E-state index is 11.8. The minimum atomic E-state index is 0.0990. The first-order valence-electron chi connectivity index (χ1n) is 6.41. The first-order chi connectivity index (χ1) is 8.65. The van der Waals surface area contributed by atoms with Gasteiger partial charge in [0, 0.05) is 17.3 Å². The molecule has 0 saturated heterocycles. The van der Waals surface area contributed by atoms with Gasteiger partial charge in [0.05, 0.1) is 10.9 Å². The van der Waals surface area contributed by atoms with Crippen molar-refractivity contribution in [3.05, 3.63) is 21.3 Å². The molecule has 1 heterocycles. The van der Waals surface area contributed by atoms with Crippen LogP contribution >= 0.6 is 22.9 Å². The number of hydrogen-bond acceptors (Lipinski definition) is 3. The summed E-state index contributed by atoms with van der Waals surface area (Å²) in [4.78, 5) is 12.9. The number of carbonyl (C=O) groups is 1. The number of carbonyl (C=O) groups excluding carboxylic acids is 1. The fourth-order valence-electron chi connectivity index (χ4n) is 2.43. The minimum absolute atomic E-state index is 0.0990. The monoisotopic (exact) mass is 286 g/mol. The molecule has 1 fully saturated rings. The summed E-state index contributed by atoms with van der Waals surface area (Å²) < 4.78 is 0.758. The molecule has 5 heteroatoms. The highest BCUT2D eigenvalue weighted by Crippen LogP contribution is 2.25. The lowest BCUT2D eigenvalue weighted by molar-refractivity contribution is -0.122. The third-order valence-corrected chi connectivity index (χ3v) is 4.74. The number of hydrogen-bond donors (Lipinski definition) is 2. The highest BCUT2D eigenvalue weighted by Gasteiger charge is 2.23. The van der Waals surface area contributed by atoms with Gasteiger partial charge in [0.15, 0.2) is 0 Å². The smallest absolute Gasteiger partial charge is 0.220 e. The number of rotatable bonds is 4. The highest BCUT2D eigenvalue weighted by atomic mass is 35.5. The lowest BCUT2D eigenvalue weighted by Gasteiger charge is -2.27. The van der Waals surface area contributed by atoms with Crippen LogP contribution in [0.1, 0.15) is 37.0 Å². The fraction of sp³-hybridized carbons (Fsp3) is 0.615. The summed E-state index contributed by atoms with van der Waals surface area (Å²) in [7, 11) is 0. The Balaban J connectivity index is 1.74.